The average Bonchev–Trinajstić information content (AvgIpc) is 2.95. The van der Waals surface area contributed by atoms with Crippen LogP contribution in [0, 0.1) is 5.92 Å². The van der Waals surface area contributed by atoms with Crippen LogP contribution in [0.3, 0.4) is 0 Å². The van der Waals surface area contributed by atoms with Crippen LogP contribution in [0.4, 0.5) is 4.79 Å². The summed E-state index contributed by atoms with van der Waals surface area (Å²) in [6.45, 7) is 2.12. The number of imide groups is 1. The molecule has 2 aliphatic rings. The summed E-state index contributed by atoms with van der Waals surface area (Å²) in [6, 6.07) is 5.10. The molecule has 0 radical (unpaired) electrons. The van der Waals surface area contributed by atoms with E-state index in [4.69, 9.17) is 9.47 Å². The average molecular weight is 403 g/mol. The molecule has 1 aliphatic heterocycles. The summed E-state index contributed by atoms with van der Waals surface area (Å²) in [7, 11) is 3.15. The van der Waals surface area contributed by atoms with Gasteiger partial charge in [-0.1, -0.05) is 25.8 Å². The number of ether oxygens (including phenoxy) is 2. The highest BCUT2D eigenvalue weighted by atomic mass is 16.5. The molecule has 2 fully saturated rings. The van der Waals surface area contributed by atoms with Crippen molar-refractivity contribution in [3.8, 4) is 11.5 Å². The van der Waals surface area contributed by atoms with Gasteiger partial charge in [0.05, 0.1) is 14.2 Å². The van der Waals surface area contributed by atoms with Crippen molar-refractivity contribution in [3.63, 3.8) is 0 Å². The Morgan fingerprint density at radius 3 is 2.69 bits per heavy atom. The minimum absolute atomic E-state index is 0.0748. The number of carbonyl (C=O) groups excluding carboxylic acids is 3. The molecule has 1 aromatic rings. The van der Waals surface area contributed by atoms with Crippen molar-refractivity contribution in [2.24, 2.45) is 5.92 Å². The van der Waals surface area contributed by atoms with Crippen LogP contribution in [-0.2, 0) is 16.0 Å². The van der Waals surface area contributed by atoms with Crippen LogP contribution in [-0.4, -0.2) is 55.6 Å². The molecule has 1 aliphatic carbocycles. The molecule has 2 atom stereocenters. The molecule has 4 amide bonds. The summed E-state index contributed by atoms with van der Waals surface area (Å²) in [5, 5.41) is 5.64. The number of methoxy groups -OCH3 is 2. The van der Waals surface area contributed by atoms with Crippen LogP contribution in [0.5, 0.6) is 11.5 Å². The first-order chi connectivity index (χ1) is 13.9. The topological polar surface area (TPSA) is 97.0 Å². The first kappa shape index (κ1) is 21.0. The van der Waals surface area contributed by atoms with Crippen LogP contribution < -0.4 is 20.1 Å². The first-order valence-electron chi connectivity index (χ1n) is 10.0. The second-order valence-corrected chi connectivity index (χ2v) is 7.73. The summed E-state index contributed by atoms with van der Waals surface area (Å²) < 4.78 is 10.5. The fourth-order valence-electron chi connectivity index (χ4n) is 4.22. The zero-order chi connectivity index (χ0) is 21.0. The fraction of sp³-hybridized carbons (Fsp3) is 0.571. The van der Waals surface area contributed by atoms with Crippen molar-refractivity contribution in [2.45, 2.75) is 44.6 Å². The van der Waals surface area contributed by atoms with Gasteiger partial charge in [0, 0.05) is 6.54 Å². The standard InChI is InChI=1S/C21H29N3O5/c1-14-6-4-5-10-21(14)19(26)24(20(27)23-21)13-18(25)22-11-9-15-7-8-16(28-2)17(12-15)29-3/h7-8,12,14H,4-6,9-11,13H2,1-3H3,(H,22,25)(H,23,27)/t14-,21+/m0/s1. The number of amides is 4. The molecule has 0 bridgehead atoms. The van der Waals surface area contributed by atoms with Crippen molar-refractivity contribution < 1.29 is 23.9 Å². The molecule has 8 nitrogen and oxygen atoms in total. The Hall–Kier alpha value is -2.77. The van der Waals surface area contributed by atoms with Gasteiger partial charge in [0.2, 0.25) is 5.91 Å². The van der Waals surface area contributed by atoms with Gasteiger partial charge in [-0.3, -0.25) is 14.5 Å². The third-order valence-electron chi connectivity index (χ3n) is 5.99. The van der Waals surface area contributed by atoms with Gasteiger partial charge in [0.15, 0.2) is 11.5 Å². The van der Waals surface area contributed by atoms with Crippen molar-refractivity contribution in [3.05, 3.63) is 23.8 Å². The maximum absolute atomic E-state index is 12.9. The second-order valence-electron chi connectivity index (χ2n) is 7.73. The summed E-state index contributed by atoms with van der Waals surface area (Å²) in [6.07, 6.45) is 4.09. The number of rotatable bonds is 7. The van der Waals surface area contributed by atoms with Crippen molar-refractivity contribution in [1.29, 1.82) is 0 Å². The zero-order valence-electron chi connectivity index (χ0n) is 17.2. The van der Waals surface area contributed by atoms with E-state index in [-0.39, 0.29) is 24.3 Å². The Kier molecular flexibility index (Phi) is 6.30. The number of nitrogens with one attached hydrogen (secondary N) is 2. The summed E-state index contributed by atoms with van der Waals surface area (Å²) >= 11 is 0. The normalized spacial score (nSPS) is 23.8. The van der Waals surface area contributed by atoms with Crippen LogP contribution >= 0.6 is 0 Å². The Balaban J connectivity index is 1.53. The lowest BCUT2D eigenvalue weighted by atomic mass is 9.73. The van der Waals surface area contributed by atoms with Crippen LogP contribution in [0.2, 0.25) is 0 Å². The number of hydrogen-bond acceptors (Lipinski definition) is 5. The van der Waals surface area contributed by atoms with E-state index in [1.165, 1.54) is 0 Å². The fourth-order valence-corrected chi connectivity index (χ4v) is 4.22. The van der Waals surface area contributed by atoms with Gasteiger partial charge in [-0.2, -0.15) is 0 Å². The quantitative estimate of drug-likeness (QED) is 0.678. The molecule has 1 heterocycles. The molecule has 158 valence electrons. The van der Waals surface area contributed by atoms with E-state index in [1.54, 1.807) is 14.2 Å². The van der Waals surface area contributed by atoms with Crippen molar-refractivity contribution >= 4 is 17.8 Å². The Labute approximate surface area is 170 Å². The Bertz CT molecular complexity index is 797. The minimum Gasteiger partial charge on any atom is -0.493 e. The largest absolute Gasteiger partial charge is 0.493 e. The van der Waals surface area contributed by atoms with Crippen LogP contribution in [0.15, 0.2) is 18.2 Å². The lowest BCUT2D eigenvalue weighted by molar-refractivity contribution is -0.137. The van der Waals surface area contributed by atoms with Gasteiger partial charge in [-0.15, -0.1) is 0 Å². The SMILES string of the molecule is COc1ccc(CCNC(=O)CN2C(=O)N[C@@]3(CCCC[C@@H]3C)C2=O)cc1OC. The van der Waals surface area contributed by atoms with Gasteiger partial charge >= 0.3 is 6.03 Å². The van der Waals surface area contributed by atoms with Gasteiger partial charge < -0.3 is 20.1 Å². The Morgan fingerprint density at radius 2 is 2.00 bits per heavy atom. The van der Waals surface area contributed by atoms with Gasteiger partial charge in [-0.25, -0.2) is 4.79 Å². The van der Waals surface area contributed by atoms with Gasteiger partial charge in [0.25, 0.3) is 5.91 Å². The maximum Gasteiger partial charge on any atom is 0.325 e. The lowest BCUT2D eigenvalue weighted by Crippen LogP contribution is -2.54. The molecule has 0 aromatic heterocycles. The van der Waals surface area contributed by atoms with Crippen molar-refractivity contribution in [1.82, 2.24) is 15.5 Å². The molecule has 29 heavy (non-hydrogen) atoms. The summed E-state index contributed by atoms with van der Waals surface area (Å²) in [5.74, 6) is 0.720. The van der Waals surface area contributed by atoms with Crippen molar-refractivity contribution in [2.75, 3.05) is 27.3 Å². The maximum atomic E-state index is 12.9. The predicted molar refractivity (Wildman–Crippen MR) is 107 cm³/mol. The highest BCUT2D eigenvalue weighted by molar-refractivity contribution is 6.09. The molecule has 1 spiro atoms. The number of hydrogen-bond donors (Lipinski definition) is 2. The molecule has 1 saturated heterocycles. The third-order valence-corrected chi connectivity index (χ3v) is 5.99. The number of urea groups is 1. The van der Waals surface area contributed by atoms with E-state index in [9.17, 15) is 14.4 Å². The molecule has 3 rings (SSSR count). The third kappa shape index (κ3) is 4.16. The molecule has 0 unspecified atom stereocenters. The van der Waals surface area contributed by atoms with E-state index < -0.39 is 11.6 Å². The predicted octanol–water partition coefficient (Wildman–Crippen LogP) is 1.86. The molecule has 1 saturated carbocycles. The van der Waals surface area contributed by atoms with Crippen LogP contribution in [0.25, 0.3) is 0 Å². The van der Waals surface area contributed by atoms with Gasteiger partial charge in [0.1, 0.15) is 12.1 Å². The van der Waals surface area contributed by atoms with E-state index in [1.807, 2.05) is 25.1 Å². The highest BCUT2D eigenvalue weighted by Gasteiger charge is 2.55. The van der Waals surface area contributed by atoms with E-state index in [2.05, 4.69) is 10.6 Å². The van der Waals surface area contributed by atoms with Crippen LogP contribution in [0.1, 0.15) is 38.2 Å². The van der Waals surface area contributed by atoms with E-state index >= 15 is 0 Å². The second kappa shape index (κ2) is 8.71. The molecule has 2 N–H and O–H groups in total. The van der Waals surface area contributed by atoms with Gasteiger partial charge in [-0.05, 0) is 42.9 Å². The highest BCUT2D eigenvalue weighted by Crippen LogP contribution is 2.38. The smallest absolute Gasteiger partial charge is 0.325 e. The lowest BCUT2D eigenvalue weighted by Gasteiger charge is -2.36. The first-order valence-corrected chi connectivity index (χ1v) is 10.0. The monoisotopic (exact) mass is 403 g/mol. The van der Waals surface area contributed by atoms with E-state index in [0.29, 0.717) is 30.9 Å². The number of nitrogens with zero attached hydrogens (tertiary/aromatic N) is 1. The van der Waals surface area contributed by atoms with E-state index in [0.717, 1.165) is 29.7 Å². The summed E-state index contributed by atoms with van der Waals surface area (Å²) in [4.78, 5) is 38.6. The molecule has 8 heteroatoms. The zero-order valence-corrected chi connectivity index (χ0v) is 17.2. The number of benzene rings is 1. The molecular weight excluding hydrogens is 374 g/mol. The molecule has 1 aromatic carbocycles. The molecular formula is C21H29N3O5. The number of carbonyl (C=O) groups is 3. The Morgan fingerprint density at radius 1 is 1.24 bits per heavy atom. The summed E-state index contributed by atoms with van der Waals surface area (Å²) in [5.41, 5.74) is 0.142. The minimum atomic E-state index is -0.838.